The summed E-state index contributed by atoms with van der Waals surface area (Å²) in [5, 5.41) is 4.55. The van der Waals surface area contributed by atoms with E-state index in [1.54, 1.807) is 11.3 Å². The minimum Gasteiger partial charge on any atom is -0.379 e. The van der Waals surface area contributed by atoms with Crippen LogP contribution in [0.2, 0.25) is 0 Å². The highest BCUT2D eigenvalue weighted by Gasteiger charge is 2.05. The Bertz CT molecular complexity index is 698. The zero-order valence-electron chi connectivity index (χ0n) is 11.1. The van der Waals surface area contributed by atoms with E-state index in [0.29, 0.717) is 0 Å². The largest absolute Gasteiger partial charge is 0.379 e. The number of nitrogens with one attached hydrogen (secondary N) is 1. The van der Waals surface area contributed by atoms with Gasteiger partial charge in [0.2, 0.25) is 0 Å². The summed E-state index contributed by atoms with van der Waals surface area (Å²) in [6, 6.07) is 14.8. The average molecular weight is 268 g/mol. The molecule has 0 saturated heterocycles. The number of aromatic nitrogens is 1. The van der Waals surface area contributed by atoms with Crippen LogP contribution in [0.4, 0.5) is 5.69 Å². The van der Waals surface area contributed by atoms with Gasteiger partial charge in [-0.25, -0.2) is 4.98 Å². The molecule has 3 rings (SSSR count). The number of benzene rings is 2. The summed E-state index contributed by atoms with van der Waals surface area (Å²) in [7, 11) is 0. The van der Waals surface area contributed by atoms with Gasteiger partial charge in [-0.2, -0.15) is 0 Å². The first kappa shape index (κ1) is 12.2. The van der Waals surface area contributed by atoms with Crippen molar-refractivity contribution in [3.05, 3.63) is 58.6 Å². The number of thiazole rings is 1. The number of para-hydroxylation sites is 1. The van der Waals surface area contributed by atoms with Gasteiger partial charge in [-0.1, -0.05) is 29.8 Å². The van der Waals surface area contributed by atoms with Crippen LogP contribution in [0.5, 0.6) is 0 Å². The number of fused-ring (bicyclic) bond motifs is 1. The number of hydrogen-bond acceptors (Lipinski definition) is 3. The van der Waals surface area contributed by atoms with Crippen LogP contribution >= 0.6 is 11.3 Å². The molecule has 3 heteroatoms. The Morgan fingerprint density at radius 3 is 2.58 bits per heavy atom. The molecule has 0 aliphatic rings. The maximum absolute atomic E-state index is 4.70. The van der Waals surface area contributed by atoms with Gasteiger partial charge in [-0.15, -0.1) is 11.3 Å². The van der Waals surface area contributed by atoms with Gasteiger partial charge in [0, 0.05) is 5.69 Å². The van der Waals surface area contributed by atoms with Crippen molar-refractivity contribution < 1.29 is 0 Å². The van der Waals surface area contributed by atoms with E-state index < -0.39 is 0 Å². The molecule has 2 nitrogen and oxygen atoms in total. The third-order valence-corrected chi connectivity index (χ3v) is 4.18. The maximum Gasteiger partial charge on any atom is 0.113 e. The van der Waals surface area contributed by atoms with E-state index in [2.05, 4.69) is 61.6 Å². The molecule has 1 aromatic heterocycles. The molecule has 96 valence electrons. The Morgan fingerprint density at radius 2 is 1.84 bits per heavy atom. The Kier molecular flexibility index (Phi) is 3.22. The van der Waals surface area contributed by atoms with Gasteiger partial charge < -0.3 is 5.32 Å². The van der Waals surface area contributed by atoms with Gasteiger partial charge in [0.1, 0.15) is 5.01 Å². The minimum atomic E-state index is 0.780. The highest BCUT2D eigenvalue weighted by atomic mass is 32.1. The Labute approximate surface area is 117 Å². The first-order valence-electron chi connectivity index (χ1n) is 6.38. The summed E-state index contributed by atoms with van der Waals surface area (Å²) >= 11 is 1.76. The summed E-state index contributed by atoms with van der Waals surface area (Å²) in [6.45, 7) is 4.99. The van der Waals surface area contributed by atoms with Gasteiger partial charge in [-0.3, -0.25) is 0 Å². The van der Waals surface area contributed by atoms with Crippen molar-refractivity contribution in [2.24, 2.45) is 0 Å². The predicted octanol–water partition coefficient (Wildman–Crippen LogP) is 4.53. The molecule has 3 aromatic rings. The van der Waals surface area contributed by atoms with Crippen molar-refractivity contribution in [1.29, 1.82) is 0 Å². The summed E-state index contributed by atoms with van der Waals surface area (Å²) in [5.41, 5.74) is 4.80. The van der Waals surface area contributed by atoms with Crippen molar-refractivity contribution in [2.45, 2.75) is 20.4 Å². The van der Waals surface area contributed by atoms with Crippen molar-refractivity contribution >= 4 is 27.2 Å². The second-order valence-corrected chi connectivity index (χ2v) is 5.86. The molecule has 0 spiro atoms. The van der Waals surface area contributed by atoms with Gasteiger partial charge in [0.15, 0.2) is 0 Å². The average Bonchev–Trinajstić information content (AvgIpc) is 2.83. The molecule has 0 amide bonds. The Balaban J connectivity index is 1.78. The van der Waals surface area contributed by atoms with E-state index in [0.717, 1.165) is 22.8 Å². The van der Waals surface area contributed by atoms with Crippen LogP contribution in [0.3, 0.4) is 0 Å². The quantitative estimate of drug-likeness (QED) is 0.755. The molecule has 19 heavy (non-hydrogen) atoms. The fraction of sp³-hybridized carbons (Fsp3) is 0.188. The molecule has 0 fully saturated rings. The zero-order chi connectivity index (χ0) is 13.2. The van der Waals surface area contributed by atoms with Crippen LogP contribution in [-0.4, -0.2) is 4.98 Å². The fourth-order valence-electron chi connectivity index (χ4n) is 2.06. The molecule has 0 aliphatic heterocycles. The van der Waals surface area contributed by atoms with Gasteiger partial charge in [0.25, 0.3) is 0 Å². The third kappa shape index (κ3) is 2.61. The van der Waals surface area contributed by atoms with Crippen LogP contribution in [0, 0.1) is 13.8 Å². The van der Waals surface area contributed by atoms with E-state index in [1.165, 1.54) is 15.8 Å². The van der Waals surface area contributed by atoms with E-state index >= 15 is 0 Å². The number of hydrogen-bond donors (Lipinski definition) is 1. The van der Waals surface area contributed by atoms with Crippen LogP contribution in [-0.2, 0) is 6.54 Å². The number of nitrogens with zero attached hydrogens (tertiary/aromatic N) is 1. The summed E-state index contributed by atoms with van der Waals surface area (Å²) < 4.78 is 1.26. The minimum absolute atomic E-state index is 0.780. The molecular weight excluding hydrogens is 252 g/mol. The van der Waals surface area contributed by atoms with Crippen LogP contribution in [0.25, 0.3) is 10.2 Å². The lowest BCUT2D eigenvalue weighted by Gasteiger charge is -2.03. The van der Waals surface area contributed by atoms with Crippen LogP contribution < -0.4 is 5.32 Å². The van der Waals surface area contributed by atoms with E-state index in [4.69, 9.17) is 4.98 Å². The van der Waals surface area contributed by atoms with Crippen molar-refractivity contribution in [2.75, 3.05) is 5.32 Å². The lowest BCUT2D eigenvalue weighted by atomic mass is 10.2. The first-order chi connectivity index (χ1) is 9.22. The predicted molar refractivity (Wildman–Crippen MR) is 82.9 cm³/mol. The molecular formula is C16H16N2S. The monoisotopic (exact) mass is 268 g/mol. The maximum atomic E-state index is 4.70. The smallest absolute Gasteiger partial charge is 0.113 e. The van der Waals surface area contributed by atoms with Crippen molar-refractivity contribution in [3.8, 4) is 0 Å². The second-order valence-electron chi connectivity index (χ2n) is 4.75. The van der Waals surface area contributed by atoms with Crippen molar-refractivity contribution in [3.63, 3.8) is 0 Å². The SMILES string of the molecule is Cc1ccc(NCc2nc3c(C)cccc3s2)cc1. The Morgan fingerprint density at radius 1 is 1.05 bits per heavy atom. The van der Waals surface area contributed by atoms with Crippen molar-refractivity contribution in [1.82, 2.24) is 4.98 Å². The van der Waals surface area contributed by atoms with Gasteiger partial charge in [0.05, 0.1) is 16.8 Å². The van der Waals surface area contributed by atoms with Crippen LogP contribution in [0.1, 0.15) is 16.1 Å². The summed E-state index contributed by atoms with van der Waals surface area (Å²) in [6.07, 6.45) is 0. The lowest BCUT2D eigenvalue weighted by Crippen LogP contribution is -1.98. The normalized spacial score (nSPS) is 10.8. The summed E-state index contributed by atoms with van der Waals surface area (Å²) in [5.74, 6) is 0. The molecule has 0 radical (unpaired) electrons. The molecule has 0 aliphatic carbocycles. The first-order valence-corrected chi connectivity index (χ1v) is 7.19. The molecule has 1 heterocycles. The standard InChI is InChI=1S/C16H16N2S/c1-11-6-8-13(9-7-11)17-10-15-18-16-12(2)4-3-5-14(16)19-15/h3-9,17H,10H2,1-2H3. The van der Waals surface area contributed by atoms with E-state index in [1.807, 2.05) is 0 Å². The van der Waals surface area contributed by atoms with Gasteiger partial charge >= 0.3 is 0 Å². The highest BCUT2D eigenvalue weighted by molar-refractivity contribution is 7.18. The fourth-order valence-corrected chi connectivity index (χ4v) is 3.04. The molecule has 0 saturated carbocycles. The molecule has 2 aromatic carbocycles. The van der Waals surface area contributed by atoms with Crippen LogP contribution in [0.15, 0.2) is 42.5 Å². The van der Waals surface area contributed by atoms with E-state index in [9.17, 15) is 0 Å². The molecule has 0 atom stereocenters. The lowest BCUT2D eigenvalue weighted by molar-refractivity contribution is 1.11. The number of aryl methyl sites for hydroxylation is 2. The molecule has 1 N–H and O–H groups in total. The Hall–Kier alpha value is -1.87. The van der Waals surface area contributed by atoms with E-state index in [-0.39, 0.29) is 0 Å². The highest BCUT2D eigenvalue weighted by Crippen LogP contribution is 2.25. The van der Waals surface area contributed by atoms with Gasteiger partial charge in [-0.05, 0) is 37.6 Å². The third-order valence-electron chi connectivity index (χ3n) is 3.16. The molecule has 0 unspecified atom stereocenters. The summed E-state index contributed by atoms with van der Waals surface area (Å²) in [4.78, 5) is 4.70. The molecule has 0 bridgehead atoms. The topological polar surface area (TPSA) is 24.9 Å². The second kappa shape index (κ2) is 5.02. The number of anilines is 1. The number of rotatable bonds is 3. The zero-order valence-corrected chi connectivity index (χ0v) is 11.9.